The molecule has 29 heavy (non-hydrogen) atoms. The van der Waals surface area contributed by atoms with Crippen molar-refractivity contribution in [1.82, 2.24) is 24.6 Å². The van der Waals surface area contributed by atoms with E-state index in [4.69, 9.17) is 9.40 Å². The predicted octanol–water partition coefficient (Wildman–Crippen LogP) is 2.21. The SMILES string of the molecule is Cc1nnc2ncc3c(n2c1=O)-c1cc2c(=O)oc4ccccc4c2nc1CC3. The minimum atomic E-state index is -0.456. The van der Waals surface area contributed by atoms with Crippen LogP contribution >= 0.6 is 0 Å². The third-order valence-electron chi connectivity index (χ3n) is 5.42. The van der Waals surface area contributed by atoms with Crippen LogP contribution in [0.1, 0.15) is 17.0 Å². The molecule has 0 spiro atoms. The quantitative estimate of drug-likeness (QED) is 0.298. The molecule has 0 saturated heterocycles. The molecule has 6 rings (SSSR count). The lowest BCUT2D eigenvalue weighted by molar-refractivity contribution is 0.569. The Labute approximate surface area is 162 Å². The number of aromatic nitrogens is 5. The van der Waals surface area contributed by atoms with Crippen molar-refractivity contribution in [3.05, 3.63) is 74.3 Å². The number of hydrogen-bond acceptors (Lipinski definition) is 7. The Morgan fingerprint density at radius 3 is 2.83 bits per heavy atom. The molecule has 8 heteroatoms. The van der Waals surface area contributed by atoms with Gasteiger partial charge in [0.25, 0.3) is 11.3 Å². The fourth-order valence-electron chi connectivity index (χ4n) is 4.03. The second-order valence-corrected chi connectivity index (χ2v) is 7.12. The first-order chi connectivity index (χ1) is 14.1. The molecule has 0 amide bonds. The van der Waals surface area contributed by atoms with Crippen LogP contribution in [-0.2, 0) is 12.8 Å². The number of pyridine rings is 1. The molecular weight excluding hydrogens is 370 g/mol. The summed E-state index contributed by atoms with van der Waals surface area (Å²) in [5, 5.41) is 9.10. The van der Waals surface area contributed by atoms with Crippen molar-refractivity contribution in [2.45, 2.75) is 19.8 Å². The highest BCUT2D eigenvalue weighted by Crippen LogP contribution is 2.34. The van der Waals surface area contributed by atoms with Crippen LogP contribution in [0.15, 0.2) is 50.5 Å². The molecule has 4 heterocycles. The number of nitrogens with zero attached hydrogens (tertiary/aromatic N) is 5. The fraction of sp³-hybridized carbons (Fsp3) is 0.143. The van der Waals surface area contributed by atoms with Crippen molar-refractivity contribution in [2.24, 2.45) is 0 Å². The largest absolute Gasteiger partial charge is 0.422 e. The van der Waals surface area contributed by atoms with E-state index >= 15 is 0 Å². The van der Waals surface area contributed by atoms with Crippen LogP contribution in [0.4, 0.5) is 0 Å². The lowest BCUT2D eigenvalue weighted by Crippen LogP contribution is -2.25. The Kier molecular flexibility index (Phi) is 3.07. The summed E-state index contributed by atoms with van der Waals surface area (Å²) in [5.74, 6) is 0.220. The van der Waals surface area contributed by atoms with Gasteiger partial charge in [-0.25, -0.2) is 14.2 Å². The summed E-state index contributed by atoms with van der Waals surface area (Å²) < 4.78 is 6.95. The number of rotatable bonds is 0. The van der Waals surface area contributed by atoms with Crippen molar-refractivity contribution in [2.75, 3.05) is 0 Å². The molecule has 1 aliphatic carbocycles. The monoisotopic (exact) mass is 383 g/mol. The van der Waals surface area contributed by atoms with Gasteiger partial charge in [-0.3, -0.25) is 9.78 Å². The Morgan fingerprint density at radius 1 is 1.07 bits per heavy atom. The minimum absolute atomic E-state index is 0.220. The third-order valence-corrected chi connectivity index (χ3v) is 5.42. The molecule has 1 aliphatic rings. The Hall–Kier alpha value is -3.94. The number of aryl methyl sites for hydroxylation is 3. The summed E-state index contributed by atoms with van der Waals surface area (Å²) in [6.45, 7) is 1.62. The van der Waals surface area contributed by atoms with Gasteiger partial charge in [0.1, 0.15) is 11.3 Å². The first-order valence-electron chi connectivity index (χ1n) is 9.21. The molecule has 0 unspecified atom stereocenters. The van der Waals surface area contributed by atoms with Crippen molar-refractivity contribution in [3.63, 3.8) is 0 Å². The summed E-state index contributed by atoms with van der Waals surface area (Å²) in [7, 11) is 0. The lowest BCUT2D eigenvalue weighted by Gasteiger charge is -2.21. The lowest BCUT2D eigenvalue weighted by atomic mass is 9.92. The van der Waals surface area contributed by atoms with Crippen molar-refractivity contribution < 1.29 is 4.42 Å². The van der Waals surface area contributed by atoms with Gasteiger partial charge in [-0.15, -0.1) is 10.2 Å². The van der Waals surface area contributed by atoms with Crippen molar-refractivity contribution in [1.29, 1.82) is 0 Å². The van der Waals surface area contributed by atoms with E-state index in [-0.39, 0.29) is 17.0 Å². The highest BCUT2D eigenvalue weighted by molar-refractivity contribution is 6.03. The van der Waals surface area contributed by atoms with E-state index in [0.717, 1.165) is 22.2 Å². The summed E-state index contributed by atoms with van der Waals surface area (Å²) >= 11 is 0. The van der Waals surface area contributed by atoms with Gasteiger partial charge in [0, 0.05) is 17.1 Å². The van der Waals surface area contributed by atoms with Crippen LogP contribution in [-0.4, -0.2) is 24.6 Å². The van der Waals surface area contributed by atoms with Crippen molar-refractivity contribution >= 4 is 27.6 Å². The van der Waals surface area contributed by atoms with E-state index in [1.165, 1.54) is 4.40 Å². The average Bonchev–Trinajstić information content (AvgIpc) is 2.75. The first kappa shape index (κ1) is 16.1. The number of hydrogen-bond donors (Lipinski definition) is 0. The molecular formula is C21H13N5O3. The molecule has 0 saturated carbocycles. The molecule has 1 aromatic carbocycles. The second-order valence-electron chi connectivity index (χ2n) is 7.12. The second kappa shape index (κ2) is 5.54. The Bertz CT molecular complexity index is 1620. The summed E-state index contributed by atoms with van der Waals surface area (Å²) in [5.41, 5.74) is 3.79. The molecule has 0 bridgehead atoms. The molecule has 0 N–H and O–H groups in total. The van der Waals surface area contributed by atoms with E-state index in [9.17, 15) is 9.59 Å². The maximum absolute atomic E-state index is 12.8. The molecule has 140 valence electrons. The first-order valence-corrected chi connectivity index (χ1v) is 9.21. The third kappa shape index (κ3) is 2.13. The molecule has 5 aromatic rings. The van der Waals surface area contributed by atoms with Gasteiger partial charge in [0.15, 0.2) is 0 Å². The van der Waals surface area contributed by atoms with E-state index in [1.54, 1.807) is 25.3 Å². The molecule has 0 atom stereocenters. The molecule has 0 aliphatic heterocycles. The zero-order valence-electron chi connectivity index (χ0n) is 15.3. The summed E-state index contributed by atoms with van der Waals surface area (Å²) in [6, 6.07) is 9.13. The van der Waals surface area contributed by atoms with Crippen LogP contribution in [0.3, 0.4) is 0 Å². The smallest absolute Gasteiger partial charge is 0.345 e. The predicted molar refractivity (Wildman–Crippen MR) is 106 cm³/mol. The van der Waals surface area contributed by atoms with E-state index in [2.05, 4.69) is 15.2 Å². The Morgan fingerprint density at radius 2 is 1.93 bits per heavy atom. The van der Waals surface area contributed by atoms with Gasteiger partial charge < -0.3 is 4.42 Å². The van der Waals surface area contributed by atoms with Crippen molar-refractivity contribution in [3.8, 4) is 11.3 Å². The summed E-state index contributed by atoms with van der Waals surface area (Å²) in [6.07, 6.45) is 3.09. The van der Waals surface area contributed by atoms with E-state index < -0.39 is 5.63 Å². The zero-order valence-corrected chi connectivity index (χ0v) is 15.3. The van der Waals surface area contributed by atoms with Crippen LogP contribution in [0, 0.1) is 6.92 Å². The Balaban J connectivity index is 1.80. The normalized spacial score (nSPS) is 13.0. The maximum Gasteiger partial charge on any atom is 0.345 e. The van der Waals surface area contributed by atoms with Gasteiger partial charge in [-0.2, -0.15) is 0 Å². The fourth-order valence-corrected chi connectivity index (χ4v) is 4.03. The topological polar surface area (TPSA) is 103 Å². The minimum Gasteiger partial charge on any atom is -0.422 e. The molecule has 8 nitrogen and oxygen atoms in total. The highest BCUT2D eigenvalue weighted by Gasteiger charge is 2.24. The average molecular weight is 383 g/mol. The van der Waals surface area contributed by atoms with Gasteiger partial charge in [0.2, 0.25) is 0 Å². The van der Waals surface area contributed by atoms with Gasteiger partial charge in [-0.1, -0.05) is 12.1 Å². The summed E-state index contributed by atoms with van der Waals surface area (Å²) in [4.78, 5) is 34.6. The van der Waals surface area contributed by atoms with Crippen LogP contribution in [0.5, 0.6) is 0 Å². The van der Waals surface area contributed by atoms with Gasteiger partial charge >= 0.3 is 5.63 Å². The maximum atomic E-state index is 12.8. The number of para-hydroxylation sites is 1. The molecule has 0 radical (unpaired) electrons. The highest BCUT2D eigenvalue weighted by atomic mass is 16.4. The van der Waals surface area contributed by atoms with Gasteiger partial charge in [-0.05, 0) is 43.5 Å². The van der Waals surface area contributed by atoms with Gasteiger partial charge in [0.05, 0.1) is 22.3 Å². The van der Waals surface area contributed by atoms with E-state index in [0.29, 0.717) is 35.0 Å². The molecule has 0 fully saturated rings. The standard InChI is InChI=1S/C21H13N5O3/c1-10-19(27)26-18-11(9-22-21(26)25-24-10)6-7-15-13(18)8-14-17(23-15)12-4-2-3-5-16(12)29-20(14)28/h2-5,8-9H,6-7H2,1H3. The van der Waals surface area contributed by atoms with Crippen LogP contribution in [0.2, 0.25) is 0 Å². The van der Waals surface area contributed by atoms with Crippen LogP contribution < -0.4 is 11.2 Å². The zero-order chi connectivity index (χ0) is 19.7. The number of benzene rings is 1. The number of fused-ring (bicyclic) bond motifs is 8. The van der Waals surface area contributed by atoms with E-state index in [1.807, 2.05) is 18.2 Å². The molecule has 4 aromatic heterocycles. The van der Waals surface area contributed by atoms with Crippen LogP contribution in [0.25, 0.3) is 38.9 Å².